The van der Waals surface area contributed by atoms with Crippen LogP contribution in [-0.2, 0) is 6.54 Å². The van der Waals surface area contributed by atoms with Gasteiger partial charge in [0.1, 0.15) is 0 Å². The molecule has 1 unspecified atom stereocenters. The number of nitro groups is 1. The summed E-state index contributed by atoms with van der Waals surface area (Å²) in [6.45, 7) is 1.53. The van der Waals surface area contributed by atoms with Gasteiger partial charge in [0.2, 0.25) is 0 Å². The van der Waals surface area contributed by atoms with Crippen molar-refractivity contribution < 1.29 is 18.1 Å². The van der Waals surface area contributed by atoms with Crippen molar-refractivity contribution in [3.8, 4) is 0 Å². The quantitative estimate of drug-likeness (QED) is 0.666. The molecule has 4 nitrogen and oxygen atoms in total. The minimum Gasteiger partial charge on any atom is -0.310 e. The van der Waals surface area contributed by atoms with Gasteiger partial charge in [-0.3, -0.25) is 10.1 Å². The standard InChI is InChI=1S/C11H12ClF3N2O2/c1-7(5-11(13,14)15)16-6-8-2-3-9(17(18)19)4-10(8)12/h2-4,7,16H,5-6H2,1H3. The second-order valence-corrected chi connectivity index (χ2v) is 4.54. The Morgan fingerprint density at radius 2 is 2.11 bits per heavy atom. The van der Waals surface area contributed by atoms with E-state index in [2.05, 4.69) is 5.32 Å². The summed E-state index contributed by atoms with van der Waals surface area (Å²) in [6.07, 6.45) is -5.18. The first-order valence-electron chi connectivity index (χ1n) is 5.42. The number of hydrogen-bond donors (Lipinski definition) is 1. The zero-order chi connectivity index (χ0) is 14.6. The lowest BCUT2D eigenvalue weighted by Crippen LogP contribution is -2.30. The highest BCUT2D eigenvalue weighted by molar-refractivity contribution is 6.31. The van der Waals surface area contributed by atoms with Crippen LogP contribution in [0.4, 0.5) is 18.9 Å². The van der Waals surface area contributed by atoms with Gasteiger partial charge in [-0.25, -0.2) is 0 Å². The molecule has 1 aromatic rings. The maximum absolute atomic E-state index is 12.1. The zero-order valence-corrected chi connectivity index (χ0v) is 10.8. The van der Waals surface area contributed by atoms with E-state index in [9.17, 15) is 23.3 Å². The van der Waals surface area contributed by atoms with Crippen LogP contribution in [0.3, 0.4) is 0 Å². The molecule has 106 valence electrons. The number of hydrogen-bond acceptors (Lipinski definition) is 3. The number of nitro benzene ring substituents is 1. The third-order valence-electron chi connectivity index (χ3n) is 2.43. The number of nitrogens with zero attached hydrogens (tertiary/aromatic N) is 1. The maximum atomic E-state index is 12.1. The Balaban J connectivity index is 2.61. The van der Waals surface area contributed by atoms with Gasteiger partial charge in [-0.05, 0) is 18.6 Å². The molecule has 0 saturated carbocycles. The smallest absolute Gasteiger partial charge is 0.310 e. The van der Waals surface area contributed by atoms with E-state index >= 15 is 0 Å². The maximum Gasteiger partial charge on any atom is 0.390 e. The molecule has 8 heteroatoms. The summed E-state index contributed by atoms with van der Waals surface area (Å²) < 4.78 is 36.3. The molecule has 0 aliphatic carbocycles. The number of alkyl halides is 3. The predicted molar refractivity (Wildman–Crippen MR) is 65.1 cm³/mol. The van der Waals surface area contributed by atoms with E-state index < -0.39 is 23.6 Å². The molecule has 1 atom stereocenters. The second-order valence-electron chi connectivity index (χ2n) is 4.13. The highest BCUT2D eigenvalue weighted by Crippen LogP contribution is 2.24. The average molecular weight is 297 g/mol. The molecule has 0 amide bonds. The summed E-state index contributed by atoms with van der Waals surface area (Å²) in [4.78, 5) is 9.91. The molecule has 0 heterocycles. The molecular formula is C11H12ClF3N2O2. The van der Waals surface area contributed by atoms with E-state index in [4.69, 9.17) is 11.6 Å². The van der Waals surface area contributed by atoms with Gasteiger partial charge in [-0.15, -0.1) is 0 Å². The Hall–Kier alpha value is -1.34. The topological polar surface area (TPSA) is 55.2 Å². The summed E-state index contributed by atoms with van der Waals surface area (Å²) >= 11 is 5.82. The van der Waals surface area contributed by atoms with Crippen LogP contribution in [0.1, 0.15) is 18.9 Å². The molecule has 0 spiro atoms. The van der Waals surface area contributed by atoms with Crippen LogP contribution in [0.15, 0.2) is 18.2 Å². The van der Waals surface area contributed by atoms with Crippen LogP contribution in [0, 0.1) is 10.1 Å². The molecule has 0 aliphatic rings. The molecule has 0 aromatic heterocycles. The van der Waals surface area contributed by atoms with Gasteiger partial charge < -0.3 is 5.32 Å². The van der Waals surface area contributed by atoms with Crippen LogP contribution in [0.5, 0.6) is 0 Å². The summed E-state index contributed by atoms with van der Waals surface area (Å²) in [5.41, 5.74) is 0.360. The van der Waals surface area contributed by atoms with Crippen molar-refractivity contribution in [2.45, 2.75) is 32.1 Å². The Morgan fingerprint density at radius 1 is 1.47 bits per heavy atom. The van der Waals surface area contributed by atoms with Gasteiger partial charge in [-0.1, -0.05) is 11.6 Å². The highest BCUT2D eigenvalue weighted by atomic mass is 35.5. The minimum atomic E-state index is -4.23. The minimum absolute atomic E-state index is 0.119. The monoisotopic (exact) mass is 296 g/mol. The number of benzene rings is 1. The van der Waals surface area contributed by atoms with E-state index in [1.54, 1.807) is 0 Å². The van der Waals surface area contributed by atoms with E-state index in [0.717, 1.165) is 0 Å². The fourth-order valence-corrected chi connectivity index (χ4v) is 1.74. The van der Waals surface area contributed by atoms with Crippen LogP contribution in [0.25, 0.3) is 0 Å². The van der Waals surface area contributed by atoms with Crippen LogP contribution in [-0.4, -0.2) is 17.1 Å². The Kier molecular flexibility index (Phi) is 5.13. The fourth-order valence-electron chi connectivity index (χ4n) is 1.50. The van der Waals surface area contributed by atoms with Gasteiger partial charge >= 0.3 is 6.18 Å². The first-order valence-corrected chi connectivity index (χ1v) is 5.80. The van der Waals surface area contributed by atoms with Crippen LogP contribution < -0.4 is 5.32 Å². The van der Waals surface area contributed by atoms with Gasteiger partial charge in [0.15, 0.2) is 0 Å². The van der Waals surface area contributed by atoms with Crippen molar-refractivity contribution in [3.05, 3.63) is 38.9 Å². The third kappa shape index (κ3) is 5.44. The number of non-ortho nitro benzene ring substituents is 1. The first kappa shape index (κ1) is 15.7. The van der Waals surface area contributed by atoms with Gasteiger partial charge in [0, 0.05) is 24.7 Å². The zero-order valence-electron chi connectivity index (χ0n) is 10.00. The van der Waals surface area contributed by atoms with Crippen molar-refractivity contribution in [1.29, 1.82) is 0 Å². The lowest BCUT2D eigenvalue weighted by atomic mass is 10.1. The van der Waals surface area contributed by atoms with Crippen molar-refractivity contribution in [1.82, 2.24) is 5.32 Å². The SMILES string of the molecule is CC(CC(F)(F)F)NCc1ccc([N+](=O)[O-])cc1Cl. The Bertz CT molecular complexity index is 466. The van der Waals surface area contributed by atoms with E-state index in [0.29, 0.717) is 5.56 Å². The van der Waals surface area contributed by atoms with Crippen molar-refractivity contribution >= 4 is 17.3 Å². The molecule has 0 bridgehead atoms. The Morgan fingerprint density at radius 3 is 2.58 bits per heavy atom. The molecule has 0 aliphatic heterocycles. The van der Waals surface area contributed by atoms with Gasteiger partial charge in [-0.2, -0.15) is 13.2 Å². The number of rotatable bonds is 5. The van der Waals surface area contributed by atoms with Crippen LogP contribution in [0.2, 0.25) is 5.02 Å². The van der Waals surface area contributed by atoms with Gasteiger partial charge in [0.25, 0.3) is 5.69 Å². The molecule has 1 N–H and O–H groups in total. The molecule has 1 rings (SSSR count). The van der Waals surface area contributed by atoms with Crippen molar-refractivity contribution in [3.63, 3.8) is 0 Å². The molecule has 0 radical (unpaired) electrons. The molecule has 0 saturated heterocycles. The summed E-state index contributed by atoms with van der Waals surface area (Å²) in [5.74, 6) is 0. The summed E-state index contributed by atoms with van der Waals surface area (Å²) in [7, 11) is 0. The fraction of sp³-hybridized carbons (Fsp3) is 0.455. The largest absolute Gasteiger partial charge is 0.390 e. The van der Waals surface area contributed by atoms with E-state index in [1.807, 2.05) is 0 Å². The highest BCUT2D eigenvalue weighted by Gasteiger charge is 2.29. The molecule has 1 aromatic carbocycles. The van der Waals surface area contributed by atoms with Crippen LogP contribution >= 0.6 is 11.6 Å². The lowest BCUT2D eigenvalue weighted by molar-refractivity contribution is -0.384. The van der Waals surface area contributed by atoms with E-state index in [-0.39, 0.29) is 17.3 Å². The van der Waals surface area contributed by atoms with E-state index in [1.165, 1.54) is 25.1 Å². The summed E-state index contributed by atoms with van der Waals surface area (Å²) in [6, 6.07) is 3.10. The molecule has 19 heavy (non-hydrogen) atoms. The normalized spacial score (nSPS) is 13.3. The number of halogens is 4. The van der Waals surface area contributed by atoms with Crippen molar-refractivity contribution in [2.24, 2.45) is 0 Å². The van der Waals surface area contributed by atoms with Crippen molar-refractivity contribution in [2.75, 3.05) is 0 Å². The third-order valence-corrected chi connectivity index (χ3v) is 2.78. The number of nitrogens with one attached hydrogen (secondary N) is 1. The molecular weight excluding hydrogens is 285 g/mol. The predicted octanol–water partition coefficient (Wildman–Crippen LogP) is 3.68. The first-order chi connectivity index (χ1) is 8.69. The Labute approximate surface area is 112 Å². The lowest BCUT2D eigenvalue weighted by Gasteiger charge is -2.16. The average Bonchev–Trinajstić information content (AvgIpc) is 2.24. The van der Waals surface area contributed by atoms with Gasteiger partial charge in [0.05, 0.1) is 16.4 Å². The molecule has 0 fully saturated rings. The summed E-state index contributed by atoms with van der Waals surface area (Å²) in [5, 5.41) is 13.3. The second kappa shape index (κ2) is 6.21.